The number of aliphatic carboxylic acids is 1. The highest BCUT2D eigenvalue weighted by molar-refractivity contribution is 8.01. The van der Waals surface area contributed by atoms with Crippen molar-refractivity contribution in [2.75, 3.05) is 17.6 Å². The van der Waals surface area contributed by atoms with Crippen molar-refractivity contribution in [1.29, 1.82) is 0 Å². The van der Waals surface area contributed by atoms with E-state index in [0.717, 1.165) is 11.7 Å². The number of anilines is 1. The Morgan fingerprint density at radius 3 is 2.93 bits per heavy atom. The van der Waals surface area contributed by atoms with Crippen LogP contribution in [-0.2, 0) is 4.79 Å². The minimum Gasteiger partial charge on any atom is -0.481 e. The molecule has 0 bridgehead atoms. The molecule has 0 aliphatic rings. The molecule has 7 heteroatoms. The molecule has 0 spiro atoms. The SMILES string of the molecule is CC(C)CNc1nnc(SCC(=O)O)s1. The van der Waals surface area contributed by atoms with E-state index in [4.69, 9.17) is 5.11 Å². The molecule has 5 nitrogen and oxygen atoms in total. The standard InChI is InChI=1S/C8H13N3O2S2/c1-5(2)3-9-7-10-11-8(15-7)14-4-6(12)13/h5H,3-4H2,1-2H3,(H,9,10)(H,12,13). The molecule has 0 aliphatic heterocycles. The second kappa shape index (κ2) is 5.92. The van der Waals surface area contributed by atoms with Gasteiger partial charge in [-0.1, -0.05) is 36.9 Å². The van der Waals surface area contributed by atoms with Gasteiger partial charge in [-0.05, 0) is 5.92 Å². The third-order valence-corrected chi connectivity index (χ3v) is 3.39. The van der Waals surface area contributed by atoms with Crippen LogP contribution in [0.1, 0.15) is 13.8 Å². The Hall–Kier alpha value is -0.820. The topological polar surface area (TPSA) is 75.1 Å². The van der Waals surface area contributed by atoms with E-state index in [2.05, 4.69) is 29.4 Å². The van der Waals surface area contributed by atoms with Crippen LogP contribution in [0.2, 0.25) is 0 Å². The zero-order valence-electron chi connectivity index (χ0n) is 8.56. The molecule has 0 atom stereocenters. The van der Waals surface area contributed by atoms with Gasteiger partial charge in [0, 0.05) is 6.54 Å². The summed E-state index contributed by atoms with van der Waals surface area (Å²) >= 11 is 2.57. The molecule has 84 valence electrons. The summed E-state index contributed by atoms with van der Waals surface area (Å²) in [6, 6.07) is 0. The number of carbonyl (C=O) groups is 1. The van der Waals surface area contributed by atoms with Crippen molar-refractivity contribution in [2.24, 2.45) is 5.92 Å². The fraction of sp³-hybridized carbons (Fsp3) is 0.625. The summed E-state index contributed by atoms with van der Waals surface area (Å²) in [5.74, 6) is -0.269. The minimum atomic E-state index is -0.841. The molecule has 0 saturated carbocycles. The van der Waals surface area contributed by atoms with Gasteiger partial charge in [-0.2, -0.15) is 0 Å². The largest absolute Gasteiger partial charge is 0.481 e. The Balaban J connectivity index is 2.38. The van der Waals surface area contributed by atoms with E-state index in [1.54, 1.807) is 0 Å². The molecule has 15 heavy (non-hydrogen) atoms. The maximum atomic E-state index is 10.3. The van der Waals surface area contributed by atoms with Gasteiger partial charge in [0.1, 0.15) is 0 Å². The average molecular weight is 247 g/mol. The predicted molar refractivity (Wildman–Crippen MR) is 61.6 cm³/mol. The van der Waals surface area contributed by atoms with Gasteiger partial charge in [0.2, 0.25) is 5.13 Å². The summed E-state index contributed by atoms with van der Waals surface area (Å²) in [4.78, 5) is 10.3. The van der Waals surface area contributed by atoms with Gasteiger partial charge < -0.3 is 10.4 Å². The third-order valence-electron chi connectivity index (χ3n) is 1.39. The molecule has 1 heterocycles. The highest BCUT2D eigenvalue weighted by Gasteiger charge is 2.06. The summed E-state index contributed by atoms with van der Waals surface area (Å²) in [5, 5.41) is 20.1. The Kier molecular flexibility index (Phi) is 4.83. The van der Waals surface area contributed by atoms with E-state index in [0.29, 0.717) is 10.3 Å². The van der Waals surface area contributed by atoms with Crippen LogP contribution in [0.5, 0.6) is 0 Å². The van der Waals surface area contributed by atoms with E-state index in [1.807, 2.05) is 0 Å². The van der Waals surface area contributed by atoms with Gasteiger partial charge in [-0.3, -0.25) is 4.79 Å². The summed E-state index contributed by atoms with van der Waals surface area (Å²) in [7, 11) is 0. The number of hydrogen-bond acceptors (Lipinski definition) is 6. The normalized spacial score (nSPS) is 10.6. The summed E-state index contributed by atoms with van der Waals surface area (Å²) in [6.45, 7) is 5.06. The number of rotatable bonds is 6. The second-order valence-electron chi connectivity index (χ2n) is 3.33. The maximum absolute atomic E-state index is 10.3. The zero-order valence-corrected chi connectivity index (χ0v) is 10.2. The van der Waals surface area contributed by atoms with Crippen LogP contribution in [0, 0.1) is 5.92 Å². The molecule has 0 unspecified atom stereocenters. The highest BCUT2D eigenvalue weighted by Crippen LogP contribution is 2.25. The molecule has 0 aromatic carbocycles. The van der Waals surface area contributed by atoms with Gasteiger partial charge in [0.15, 0.2) is 4.34 Å². The van der Waals surface area contributed by atoms with E-state index >= 15 is 0 Å². The second-order valence-corrected chi connectivity index (χ2v) is 5.53. The van der Waals surface area contributed by atoms with Crippen LogP contribution in [0.25, 0.3) is 0 Å². The number of aromatic nitrogens is 2. The van der Waals surface area contributed by atoms with Crippen LogP contribution in [0.15, 0.2) is 4.34 Å². The molecule has 1 aromatic heterocycles. The van der Waals surface area contributed by atoms with Crippen molar-refractivity contribution >= 4 is 34.2 Å². The first kappa shape index (κ1) is 12.3. The van der Waals surface area contributed by atoms with Crippen molar-refractivity contribution in [3.8, 4) is 0 Å². The molecule has 0 radical (unpaired) electrons. The monoisotopic (exact) mass is 247 g/mol. The van der Waals surface area contributed by atoms with Gasteiger partial charge in [0.05, 0.1) is 5.75 Å². The van der Waals surface area contributed by atoms with Gasteiger partial charge >= 0.3 is 5.97 Å². The quantitative estimate of drug-likeness (QED) is 0.746. The lowest BCUT2D eigenvalue weighted by Gasteiger charge is -2.03. The van der Waals surface area contributed by atoms with Crippen LogP contribution in [-0.4, -0.2) is 33.6 Å². The Morgan fingerprint density at radius 1 is 1.60 bits per heavy atom. The number of carboxylic acid groups (broad SMARTS) is 1. The predicted octanol–water partition coefficient (Wildman–Crippen LogP) is 1.78. The number of carboxylic acids is 1. The molecular formula is C8H13N3O2S2. The molecule has 1 rings (SSSR count). The van der Waals surface area contributed by atoms with Crippen molar-refractivity contribution < 1.29 is 9.90 Å². The number of hydrogen-bond donors (Lipinski definition) is 2. The van der Waals surface area contributed by atoms with Crippen LogP contribution >= 0.6 is 23.1 Å². The molecule has 1 aromatic rings. The number of nitrogens with zero attached hydrogens (tertiary/aromatic N) is 2. The highest BCUT2D eigenvalue weighted by atomic mass is 32.2. The molecule has 0 amide bonds. The van der Waals surface area contributed by atoms with Crippen LogP contribution in [0.3, 0.4) is 0 Å². The molecule has 0 fully saturated rings. The molecule has 0 saturated heterocycles. The summed E-state index contributed by atoms with van der Waals surface area (Å²) in [5.41, 5.74) is 0. The minimum absolute atomic E-state index is 0.0266. The smallest absolute Gasteiger partial charge is 0.313 e. The van der Waals surface area contributed by atoms with Crippen LogP contribution in [0.4, 0.5) is 5.13 Å². The molecule has 0 aliphatic carbocycles. The first-order valence-electron chi connectivity index (χ1n) is 4.50. The van der Waals surface area contributed by atoms with Gasteiger partial charge in [-0.25, -0.2) is 0 Å². The van der Waals surface area contributed by atoms with Crippen molar-refractivity contribution in [3.63, 3.8) is 0 Å². The molecular weight excluding hydrogens is 234 g/mol. The average Bonchev–Trinajstić information content (AvgIpc) is 2.59. The van der Waals surface area contributed by atoms with Gasteiger partial charge in [-0.15, -0.1) is 10.2 Å². The lowest BCUT2D eigenvalue weighted by Crippen LogP contribution is -2.07. The van der Waals surface area contributed by atoms with Crippen molar-refractivity contribution in [1.82, 2.24) is 10.2 Å². The van der Waals surface area contributed by atoms with Gasteiger partial charge in [0.25, 0.3) is 0 Å². The lowest BCUT2D eigenvalue weighted by atomic mass is 10.2. The summed E-state index contributed by atoms with van der Waals surface area (Å²) < 4.78 is 0.684. The van der Waals surface area contributed by atoms with E-state index in [1.165, 1.54) is 23.1 Å². The summed E-state index contributed by atoms with van der Waals surface area (Å²) in [6.07, 6.45) is 0. The lowest BCUT2D eigenvalue weighted by molar-refractivity contribution is -0.133. The van der Waals surface area contributed by atoms with Crippen molar-refractivity contribution in [3.05, 3.63) is 0 Å². The first-order valence-corrected chi connectivity index (χ1v) is 6.30. The van der Waals surface area contributed by atoms with E-state index < -0.39 is 5.97 Å². The van der Waals surface area contributed by atoms with Crippen LogP contribution < -0.4 is 5.32 Å². The number of nitrogens with one attached hydrogen (secondary N) is 1. The maximum Gasteiger partial charge on any atom is 0.313 e. The first-order chi connectivity index (χ1) is 7.08. The van der Waals surface area contributed by atoms with Crippen molar-refractivity contribution in [2.45, 2.75) is 18.2 Å². The fourth-order valence-electron chi connectivity index (χ4n) is 0.754. The fourth-order valence-corrected chi connectivity index (χ4v) is 2.23. The Bertz CT molecular complexity index is 327. The van der Waals surface area contributed by atoms with E-state index in [9.17, 15) is 4.79 Å². The number of thioether (sulfide) groups is 1. The third kappa shape index (κ3) is 4.98. The zero-order chi connectivity index (χ0) is 11.3. The Labute approximate surface area is 96.3 Å². The Morgan fingerprint density at radius 2 is 2.33 bits per heavy atom. The molecule has 2 N–H and O–H groups in total. The van der Waals surface area contributed by atoms with E-state index in [-0.39, 0.29) is 5.75 Å².